The second kappa shape index (κ2) is 9.59. The number of aromatic nitrogens is 1. The van der Waals surface area contributed by atoms with E-state index in [1.165, 1.54) is 32.1 Å². The molecule has 0 aliphatic rings. The third-order valence-corrected chi connectivity index (χ3v) is 3.49. The van der Waals surface area contributed by atoms with Crippen LogP contribution in [0.3, 0.4) is 0 Å². The maximum Gasteiger partial charge on any atom is 0.138 e. The van der Waals surface area contributed by atoms with Gasteiger partial charge in [-0.3, -0.25) is 4.98 Å². The van der Waals surface area contributed by atoms with Crippen LogP contribution in [0, 0.1) is 0 Å². The number of hydrogen-bond acceptors (Lipinski definition) is 2. The highest BCUT2D eigenvalue weighted by Gasteiger charge is 2.14. The standard InChI is InChI=1S/C19H31NO/c1-5-6-7-8-9-10-11-12-15-21-17-13-14-18(20-16-17)19(2,3)4/h11-14,16H,5-10,15H2,1-4H3/b12-11+. The lowest BCUT2D eigenvalue weighted by molar-refractivity contribution is 0.360. The molecule has 1 heterocycles. The van der Waals surface area contributed by atoms with E-state index in [1.54, 1.807) is 0 Å². The Morgan fingerprint density at radius 2 is 1.81 bits per heavy atom. The van der Waals surface area contributed by atoms with E-state index in [9.17, 15) is 0 Å². The van der Waals surface area contributed by atoms with Gasteiger partial charge in [0.1, 0.15) is 12.4 Å². The molecule has 0 aromatic carbocycles. The van der Waals surface area contributed by atoms with Crippen LogP contribution >= 0.6 is 0 Å². The Hall–Kier alpha value is -1.31. The average Bonchev–Trinajstić information content (AvgIpc) is 2.45. The number of ether oxygens (including phenoxy) is 1. The Bertz CT molecular complexity index is 401. The van der Waals surface area contributed by atoms with Gasteiger partial charge in [-0.25, -0.2) is 0 Å². The molecule has 0 bridgehead atoms. The molecule has 0 unspecified atom stereocenters. The number of allylic oxidation sites excluding steroid dienone is 1. The van der Waals surface area contributed by atoms with Crippen molar-refractivity contribution < 1.29 is 4.74 Å². The van der Waals surface area contributed by atoms with E-state index in [0.717, 1.165) is 17.9 Å². The first-order chi connectivity index (χ1) is 10.0. The molecule has 1 aromatic heterocycles. The van der Waals surface area contributed by atoms with Crippen LogP contribution in [0.2, 0.25) is 0 Å². The second-order valence-corrected chi connectivity index (χ2v) is 6.61. The maximum atomic E-state index is 5.67. The highest BCUT2D eigenvalue weighted by atomic mass is 16.5. The molecule has 0 amide bonds. The fourth-order valence-electron chi connectivity index (χ4n) is 2.11. The molecular weight excluding hydrogens is 258 g/mol. The van der Waals surface area contributed by atoms with Gasteiger partial charge in [0.15, 0.2) is 0 Å². The van der Waals surface area contributed by atoms with E-state index in [1.807, 2.05) is 18.3 Å². The Kier molecular flexibility index (Phi) is 8.11. The fraction of sp³-hybridized carbons (Fsp3) is 0.632. The number of rotatable bonds is 9. The van der Waals surface area contributed by atoms with Crippen molar-refractivity contribution in [2.24, 2.45) is 0 Å². The molecule has 0 spiro atoms. The number of nitrogens with zero attached hydrogens (tertiary/aromatic N) is 1. The summed E-state index contributed by atoms with van der Waals surface area (Å²) in [5, 5.41) is 0. The number of pyridine rings is 1. The van der Waals surface area contributed by atoms with Gasteiger partial charge in [0.05, 0.1) is 6.20 Å². The van der Waals surface area contributed by atoms with Crippen molar-refractivity contribution in [2.45, 2.75) is 71.6 Å². The third-order valence-electron chi connectivity index (χ3n) is 3.49. The lowest BCUT2D eigenvalue weighted by Crippen LogP contribution is -2.13. The molecule has 0 radical (unpaired) electrons. The summed E-state index contributed by atoms with van der Waals surface area (Å²) >= 11 is 0. The van der Waals surface area contributed by atoms with Gasteiger partial charge in [0, 0.05) is 11.1 Å². The van der Waals surface area contributed by atoms with Crippen molar-refractivity contribution in [3.63, 3.8) is 0 Å². The van der Waals surface area contributed by atoms with Crippen LogP contribution in [0.25, 0.3) is 0 Å². The van der Waals surface area contributed by atoms with Crippen molar-refractivity contribution in [3.05, 3.63) is 36.2 Å². The zero-order valence-electron chi connectivity index (χ0n) is 14.2. The number of hydrogen-bond donors (Lipinski definition) is 0. The van der Waals surface area contributed by atoms with E-state index < -0.39 is 0 Å². The van der Waals surface area contributed by atoms with Crippen LogP contribution in [-0.4, -0.2) is 11.6 Å². The predicted molar refractivity (Wildman–Crippen MR) is 90.9 cm³/mol. The summed E-state index contributed by atoms with van der Waals surface area (Å²) in [4.78, 5) is 4.46. The molecule has 2 heteroatoms. The van der Waals surface area contributed by atoms with Crippen molar-refractivity contribution in [1.82, 2.24) is 4.98 Å². The number of unbranched alkanes of at least 4 members (excludes halogenated alkanes) is 5. The quantitative estimate of drug-likeness (QED) is 0.431. The zero-order chi connectivity index (χ0) is 15.6. The van der Waals surface area contributed by atoms with Crippen LogP contribution in [0.1, 0.15) is 71.9 Å². The first kappa shape index (κ1) is 17.7. The summed E-state index contributed by atoms with van der Waals surface area (Å²) in [5.74, 6) is 0.843. The average molecular weight is 289 g/mol. The van der Waals surface area contributed by atoms with Gasteiger partial charge in [-0.1, -0.05) is 65.5 Å². The monoisotopic (exact) mass is 289 g/mol. The van der Waals surface area contributed by atoms with Gasteiger partial charge in [0.2, 0.25) is 0 Å². The molecular formula is C19H31NO. The molecule has 21 heavy (non-hydrogen) atoms. The Morgan fingerprint density at radius 3 is 2.43 bits per heavy atom. The topological polar surface area (TPSA) is 22.1 Å². The summed E-state index contributed by atoms with van der Waals surface area (Å²) in [6, 6.07) is 4.05. The lowest BCUT2D eigenvalue weighted by Gasteiger charge is -2.17. The first-order valence-electron chi connectivity index (χ1n) is 8.28. The molecule has 0 saturated heterocycles. The van der Waals surface area contributed by atoms with E-state index in [4.69, 9.17) is 4.74 Å². The smallest absolute Gasteiger partial charge is 0.138 e. The minimum absolute atomic E-state index is 0.0935. The molecule has 2 nitrogen and oxygen atoms in total. The van der Waals surface area contributed by atoms with E-state index in [2.05, 4.69) is 44.8 Å². The highest BCUT2D eigenvalue weighted by Crippen LogP contribution is 2.21. The van der Waals surface area contributed by atoms with Gasteiger partial charge in [-0.05, 0) is 25.0 Å². The Balaban J connectivity index is 2.18. The van der Waals surface area contributed by atoms with Gasteiger partial charge >= 0.3 is 0 Å². The lowest BCUT2D eigenvalue weighted by atomic mass is 9.92. The summed E-state index contributed by atoms with van der Waals surface area (Å²) in [6.45, 7) is 9.38. The Labute approximate surface area is 130 Å². The molecule has 0 aliphatic carbocycles. The van der Waals surface area contributed by atoms with Gasteiger partial charge in [-0.2, -0.15) is 0 Å². The van der Waals surface area contributed by atoms with E-state index in [-0.39, 0.29) is 5.41 Å². The summed E-state index contributed by atoms with van der Waals surface area (Å²) < 4.78 is 5.67. The molecule has 118 valence electrons. The summed E-state index contributed by atoms with van der Waals surface area (Å²) in [6.07, 6.45) is 14.0. The first-order valence-corrected chi connectivity index (χ1v) is 8.28. The van der Waals surface area contributed by atoms with Crippen LogP contribution in [0.4, 0.5) is 0 Å². The van der Waals surface area contributed by atoms with Crippen LogP contribution in [-0.2, 0) is 5.41 Å². The Morgan fingerprint density at radius 1 is 1.05 bits per heavy atom. The minimum atomic E-state index is 0.0935. The maximum absolute atomic E-state index is 5.67. The zero-order valence-corrected chi connectivity index (χ0v) is 14.2. The van der Waals surface area contributed by atoms with E-state index in [0.29, 0.717) is 6.61 Å². The van der Waals surface area contributed by atoms with Crippen molar-refractivity contribution in [1.29, 1.82) is 0 Å². The van der Waals surface area contributed by atoms with Crippen molar-refractivity contribution in [2.75, 3.05) is 6.61 Å². The fourth-order valence-corrected chi connectivity index (χ4v) is 2.11. The minimum Gasteiger partial charge on any atom is -0.488 e. The molecule has 0 aliphatic heterocycles. The SMILES string of the molecule is CCCCCCC/C=C/COc1ccc(C(C)(C)C)nc1. The van der Waals surface area contributed by atoms with Crippen molar-refractivity contribution in [3.8, 4) is 5.75 Å². The molecule has 0 saturated carbocycles. The van der Waals surface area contributed by atoms with Crippen LogP contribution < -0.4 is 4.74 Å². The predicted octanol–water partition coefficient (Wildman–Crippen LogP) is 5.67. The van der Waals surface area contributed by atoms with Crippen LogP contribution in [0.5, 0.6) is 5.75 Å². The second-order valence-electron chi connectivity index (χ2n) is 6.61. The molecule has 1 aromatic rings. The molecule has 0 atom stereocenters. The molecule has 1 rings (SSSR count). The third kappa shape index (κ3) is 7.89. The van der Waals surface area contributed by atoms with E-state index >= 15 is 0 Å². The summed E-state index contributed by atoms with van der Waals surface area (Å²) in [7, 11) is 0. The summed E-state index contributed by atoms with van der Waals surface area (Å²) in [5.41, 5.74) is 1.19. The van der Waals surface area contributed by atoms with Gasteiger partial charge < -0.3 is 4.74 Å². The van der Waals surface area contributed by atoms with Gasteiger partial charge in [-0.15, -0.1) is 0 Å². The largest absolute Gasteiger partial charge is 0.488 e. The highest BCUT2D eigenvalue weighted by molar-refractivity contribution is 5.23. The van der Waals surface area contributed by atoms with Crippen molar-refractivity contribution >= 4 is 0 Å². The normalized spacial score (nSPS) is 12.0. The molecule has 0 fully saturated rings. The van der Waals surface area contributed by atoms with Gasteiger partial charge in [0.25, 0.3) is 0 Å². The molecule has 0 N–H and O–H groups in total. The van der Waals surface area contributed by atoms with Crippen LogP contribution in [0.15, 0.2) is 30.5 Å².